The predicted molar refractivity (Wildman–Crippen MR) is 83.0 cm³/mol. The Morgan fingerprint density at radius 3 is 2.80 bits per heavy atom. The molecule has 1 unspecified atom stereocenters. The highest BCUT2D eigenvalue weighted by Gasteiger charge is 2.34. The van der Waals surface area contributed by atoms with E-state index >= 15 is 0 Å². The van der Waals surface area contributed by atoms with E-state index in [0.717, 1.165) is 42.9 Å². The van der Waals surface area contributed by atoms with Crippen molar-refractivity contribution in [2.75, 3.05) is 13.1 Å². The van der Waals surface area contributed by atoms with E-state index in [9.17, 15) is 4.79 Å². The lowest BCUT2D eigenvalue weighted by molar-refractivity contribution is -0.132. The maximum absolute atomic E-state index is 12.4. The van der Waals surface area contributed by atoms with Crippen molar-refractivity contribution in [3.63, 3.8) is 0 Å². The summed E-state index contributed by atoms with van der Waals surface area (Å²) in [7, 11) is 0. The smallest absolute Gasteiger partial charge is 0.226 e. The van der Waals surface area contributed by atoms with Crippen molar-refractivity contribution >= 4 is 17.5 Å². The lowest BCUT2D eigenvalue weighted by Gasteiger charge is -2.33. The molecule has 1 aliphatic rings. The second kappa shape index (κ2) is 6.59. The van der Waals surface area contributed by atoms with Crippen LogP contribution in [0.25, 0.3) is 0 Å². The molecule has 1 amide bonds. The van der Waals surface area contributed by atoms with Crippen molar-refractivity contribution in [1.29, 1.82) is 0 Å². The van der Waals surface area contributed by atoms with Gasteiger partial charge >= 0.3 is 0 Å². The Bertz CT molecular complexity index is 469. The third kappa shape index (κ3) is 3.97. The molecule has 0 saturated carbocycles. The van der Waals surface area contributed by atoms with Gasteiger partial charge in [-0.15, -0.1) is 0 Å². The molecular formula is C16H23ClN2O. The van der Waals surface area contributed by atoms with E-state index in [4.69, 9.17) is 11.6 Å². The average Bonchev–Trinajstić information content (AvgIpc) is 2.39. The van der Waals surface area contributed by atoms with Crippen LogP contribution in [0.2, 0.25) is 5.02 Å². The van der Waals surface area contributed by atoms with E-state index < -0.39 is 0 Å². The summed E-state index contributed by atoms with van der Waals surface area (Å²) < 4.78 is 0. The van der Waals surface area contributed by atoms with Gasteiger partial charge in [0.2, 0.25) is 5.91 Å². The summed E-state index contributed by atoms with van der Waals surface area (Å²) in [5, 5.41) is 7.19. The van der Waals surface area contributed by atoms with Crippen LogP contribution in [-0.4, -0.2) is 25.0 Å². The highest BCUT2D eigenvalue weighted by molar-refractivity contribution is 6.30. The first kappa shape index (κ1) is 15.3. The Morgan fingerprint density at radius 2 is 2.15 bits per heavy atom. The first-order valence-electron chi connectivity index (χ1n) is 7.26. The highest BCUT2D eigenvalue weighted by atomic mass is 35.5. The van der Waals surface area contributed by atoms with Gasteiger partial charge in [-0.3, -0.25) is 4.79 Å². The molecule has 1 heterocycles. The van der Waals surface area contributed by atoms with Crippen LogP contribution in [-0.2, 0) is 11.2 Å². The van der Waals surface area contributed by atoms with Crippen LogP contribution in [0.5, 0.6) is 0 Å². The summed E-state index contributed by atoms with van der Waals surface area (Å²) >= 11 is 5.98. The fourth-order valence-corrected chi connectivity index (χ4v) is 2.89. The number of carbonyl (C=O) groups is 1. The van der Waals surface area contributed by atoms with Crippen molar-refractivity contribution in [2.45, 2.75) is 39.2 Å². The maximum atomic E-state index is 12.4. The summed E-state index contributed by atoms with van der Waals surface area (Å²) in [6.45, 7) is 5.96. The molecule has 2 rings (SSSR count). The number of halogens is 1. The minimum Gasteiger partial charge on any atom is -0.353 e. The van der Waals surface area contributed by atoms with Gasteiger partial charge in [0, 0.05) is 16.5 Å². The van der Waals surface area contributed by atoms with Gasteiger partial charge in [0.05, 0.1) is 0 Å². The van der Waals surface area contributed by atoms with Gasteiger partial charge < -0.3 is 10.6 Å². The van der Waals surface area contributed by atoms with E-state index in [1.54, 1.807) is 0 Å². The van der Waals surface area contributed by atoms with Gasteiger partial charge in [0.25, 0.3) is 0 Å². The number of nitrogens with one attached hydrogen (secondary N) is 2. The molecule has 20 heavy (non-hydrogen) atoms. The van der Waals surface area contributed by atoms with Crippen LogP contribution in [0.3, 0.4) is 0 Å². The number of carbonyl (C=O) groups excluding carboxylic acids is 1. The molecule has 1 saturated heterocycles. The summed E-state index contributed by atoms with van der Waals surface area (Å²) in [5.74, 6) is 0.175. The Kier molecular flexibility index (Phi) is 5.06. The summed E-state index contributed by atoms with van der Waals surface area (Å²) in [6, 6.07) is 7.93. The van der Waals surface area contributed by atoms with Crippen LogP contribution < -0.4 is 10.6 Å². The number of piperidine rings is 1. The van der Waals surface area contributed by atoms with Gasteiger partial charge in [0.1, 0.15) is 0 Å². The molecule has 4 heteroatoms. The number of benzene rings is 1. The molecule has 1 aromatic rings. The van der Waals surface area contributed by atoms with Crippen molar-refractivity contribution in [1.82, 2.24) is 10.6 Å². The molecule has 1 atom stereocenters. The minimum atomic E-state index is -0.228. The zero-order valence-electron chi connectivity index (χ0n) is 12.2. The molecule has 0 aromatic heterocycles. The van der Waals surface area contributed by atoms with Crippen LogP contribution in [0.4, 0.5) is 0 Å². The van der Waals surface area contributed by atoms with E-state index in [1.165, 1.54) is 0 Å². The van der Waals surface area contributed by atoms with Crippen molar-refractivity contribution < 1.29 is 4.79 Å². The van der Waals surface area contributed by atoms with E-state index in [0.29, 0.717) is 0 Å². The lowest BCUT2D eigenvalue weighted by atomic mass is 9.80. The topological polar surface area (TPSA) is 41.1 Å². The monoisotopic (exact) mass is 294 g/mol. The summed E-state index contributed by atoms with van der Waals surface area (Å²) in [5.41, 5.74) is 0.925. The van der Waals surface area contributed by atoms with Gasteiger partial charge in [-0.2, -0.15) is 0 Å². The third-order valence-electron chi connectivity index (χ3n) is 4.06. The molecule has 0 aliphatic carbocycles. The molecule has 110 valence electrons. The second-order valence-electron chi connectivity index (χ2n) is 6.02. The Morgan fingerprint density at radius 1 is 1.45 bits per heavy atom. The van der Waals surface area contributed by atoms with Crippen molar-refractivity contribution in [2.24, 2.45) is 5.41 Å². The molecule has 0 bridgehead atoms. The normalized spacial score (nSPS) is 19.4. The molecule has 0 radical (unpaired) electrons. The number of amides is 1. The second-order valence-corrected chi connectivity index (χ2v) is 6.46. The van der Waals surface area contributed by atoms with Crippen molar-refractivity contribution in [3.8, 4) is 0 Å². The molecule has 1 aromatic carbocycles. The van der Waals surface area contributed by atoms with Crippen LogP contribution in [0.15, 0.2) is 24.3 Å². The molecule has 3 nitrogen and oxygen atoms in total. The predicted octanol–water partition coefficient (Wildman–Crippen LogP) is 2.78. The first-order valence-corrected chi connectivity index (χ1v) is 7.63. The largest absolute Gasteiger partial charge is 0.353 e. The fourth-order valence-electron chi connectivity index (χ4n) is 2.67. The Balaban J connectivity index is 1.90. The Labute approximate surface area is 126 Å². The number of hydrogen-bond donors (Lipinski definition) is 2. The zero-order chi connectivity index (χ0) is 14.6. The highest BCUT2D eigenvalue weighted by Crippen LogP contribution is 2.28. The van der Waals surface area contributed by atoms with Gasteiger partial charge in [-0.05, 0) is 57.0 Å². The summed E-state index contributed by atoms with van der Waals surface area (Å²) in [4.78, 5) is 12.4. The van der Waals surface area contributed by atoms with Crippen molar-refractivity contribution in [3.05, 3.63) is 34.9 Å². The Hall–Kier alpha value is -1.06. The average molecular weight is 295 g/mol. The molecule has 1 fully saturated rings. The number of rotatable bonds is 4. The van der Waals surface area contributed by atoms with E-state index in [-0.39, 0.29) is 17.4 Å². The van der Waals surface area contributed by atoms with Gasteiger partial charge in [0.15, 0.2) is 0 Å². The number of hydrogen-bond acceptors (Lipinski definition) is 2. The lowest BCUT2D eigenvalue weighted by Crippen LogP contribution is -2.48. The van der Waals surface area contributed by atoms with Crippen LogP contribution in [0.1, 0.15) is 32.3 Å². The molecule has 0 spiro atoms. The molecule has 1 aliphatic heterocycles. The van der Waals surface area contributed by atoms with E-state index in [1.807, 2.05) is 31.2 Å². The standard InChI is InChI=1S/C16H23ClN2O/c1-12(10-13-4-3-5-14(17)11-13)19-15(20)16(2)6-8-18-9-7-16/h3-5,11-12,18H,6-10H2,1-2H3,(H,19,20). The quantitative estimate of drug-likeness (QED) is 0.896. The first-order chi connectivity index (χ1) is 9.49. The SMILES string of the molecule is CC(Cc1cccc(Cl)c1)NC(=O)C1(C)CCNCC1. The molecule has 2 N–H and O–H groups in total. The fraction of sp³-hybridized carbons (Fsp3) is 0.562. The van der Waals surface area contributed by atoms with E-state index in [2.05, 4.69) is 17.6 Å². The zero-order valence-corrected chi connectivity index (χ0v) is 13.0. The maximum Gasteiger partial charge on any atom is 0.226 e. The van der Waals surface area contributed by atoms with Gasteiger partial charge in [-0.25, -0.2) is 0 Å². The van der Waals surface area contributed by atoms with Crippen LogP contribution in [0, 0.1) is 5.41 Å². The molecular weight excluding hydrogens is 272 g/mol. The minimum absolute atomic E-state index is 0.118. The summed E-state index contributed by atoms with van der Waals surface area (Å²) in [6.07, 6.45) is 2.62. The van der Waals surface area contributed by atoms with Gasteiger partial charge in [-0.1, -0.05) is 30.7 Å². The van der Waals surface area contributed by atoms with Crippen LogP contribution >= 0.6 is 11.6 Å². The third-order valence-corrected chi connectivity index (χ3v) is 4.30.